The second-order valence-electron chi connectivity index (χ2n) is 5.58. The van der Waals surface area contributed by atoms with Crippen LogP contribution < -0.4 is 10.2 Å². The lowest BCUT2D eigenvalue weighted by Gasteiger charge is -2.33. The molecule has 110 valence electrons. The summed E-state index contributed by atoms with van der Waals surface area (Å²) < 4.78 is 0. The molecule has 1 aliphatic rings. The Morgan fingerprint density at radius 1 is 1.10 bits per heavy atom. The summed E-state index contributed by atoms with van der Waals surface area (Å²) in [5.41, 5.74) is 1.46. The first-order chi connectivity index (χ1) is 10.3. The van der Waals surface area contributed by atoms with Crippen molar-refractivity contribution in [3.05, 3.63) is 47.8 Å². The molecular formula is C17H22N4. The highest BCUT2D eigenvalue weighted by molar-refractivity contribution is 5.49. The molecule has 1 aromatic carbocycles. The number of rotatable bonds is 3. The monoisotopic (exact) mass is 282 g/mol. The van der Waals surface area contributed by atoms with Gasteiger partial charge in [0, 0.05) is 26.2 Å². The number of aryl methyl sites for hydroxylation is 1. The Morgan fingerprint density at radius 3 is 2.48 bits per heavy atom. The van der Waals surface area contributed by atoms with Gasteiger partial charge in [0.25, 0.3) is 0 Å². The summed E-state index contributed by atoms with van der Waals surface area (Å²) in [4.78, 5) is 11.3. The van der Waals surface area contributed by atoms with Crippen LogP contribution in [0.1, 0.15) is 30.1 Å². The van der Waals surface area contributed by atoms with Crippen LogP contribution in [0.4, 0.5) is 11.6 Å². The molecule has 0 atom stereocenters. The van der Waals surface area contributed by atoms with E-state index < -0.39 is 0 Å². The van der Waals surface area contributed by atoms with Crippen molar-refractivity contribution < 1.29 is 0 Å². The van der Waals surface area contributed by atoms with Gasteiger partial charge in [0.15, 0.2) is 0 Å². The van der Waals surface area contributed by atoms with Crippen molar-refractivity contribution in [2.24, 2.45) is 0 Å². The van der Waals surface area contributed by atoms with Gasteiger partial charge in [-0.3, -0.25) is 0 Å². The highest BCUT2D eigenvalue weighted by atomic mass is 15.2. The average Bonchev–Trinajstić information content (AvgIpc) is 2.55. The first-order valence-electron chi connectivity index (χ1n) is 7.59. The van der Waals surface area contributed by atoms with Gasteiger partial charge in [0.05, 0.1) is 0 Å². The highest BCUT2D eigenvalue weighted by Crippen LogP contribution is 2.30. The number of nitrogens with zero attached hydrogens (tertiary/aromatic N) is 3. The van der Waals surface area contributed by atoms with Gasteiger partial charge in [-0.25, -0.2) is 9.97 Å². The van der Waals surface area contributed by atoms with E-state index in [-0.39, 0.29) is 0 Å². The van der Waals surface area contributed by atoms with E-state index >= 15 is 0 Å². The molecule has 3 rings (SSSR count). The smallest absolute Gasteiger partial charge is 0.134 e. The predicted molar refractivity (Wildman–Crippen MR) is 86.9 cm³/mol. The lowest BCUT2D eigenvalue weighted by atomic mass is 9.89. The van der Waals surface area contributed by atoms with Gasteiger partial charge in [0.1, 0.15) is 17.5 Å². The Labute approximate surface area is 126 Å². The van der Waals surface area contributed by atoms with Crippen LogP contribution >= 0.6 is 0 Å². The number of piperidine rings is 1. The van der Waals surface area contributed by atoms with Crippen molar-refractivity contribution in [2.75, 3.05) is 30.4 Å². The minimum absolute atomic E-state index is 0.675. The third kappa shape index (κ3) is 3.15. The zero-order chi connectivity index (χ0) is 14.7. The fraction of sp³-hybridized carbons (Fsp3) is 0.412. The number of nitrogens with one attached hydrogen (secondary N) is 1. The van der Waals surface area contributed by atoms with Crippen molar-refractivity contribution >= 4 is 11.6 Å². The molecule has 1 aliphatic heterocycles. The molecule has 21 heavy (non-hydrogen) atoms. The number of hydrogen-bond acceptors (Lipinski definition) is 4. The van der Waals surface area contributed by atoms with Crippen molar-refractivity contribution in [3.63, 3.8) is 0 Å². The van der Waals surface area contributed by atoms with Crippen LogP contribution in [0.3, 0.4) is 0 Å². The van der Waals surface area contributed by atoms with Gasteiger partial charge in [-0.05, 0) is 31.2 Å². The first-order valence-corrected chi connectivity index (χ1v) is 7.59. The van der Waals surface area contributed by atoms with E-state index in [1.54, 1.807) is 0 Å². The van der Waals surface area contributed by atoms with Gasteiger partial charge in [-0.2, -0.15) is 0 Å². The molecule has 1 aromatic heterocycles. The van der Waals surface area contributed by atoms with Gasteiger partial charge >= 0.3 is 0 Å². The van der Waals surface area contributed by atoms with Gasteiger partial charge < -0.3 is 10.2 Å². The van der Waals surface area contributed by atoms with Crippen molar-refractivity contribution in [2.45, 2.75) is 25.7 Å². The number of benzene rings is 1. The van der Waals surface area contributed by atoms with Crippen LogP contribution in [0.15, 0.2) is 36.4 Å². The lowest BCUT2D eigenvalue weighted by Crippen LogP contribution is -2.33. The van der Waals surface area contributed by atoms with Crippen molar-refractivity contribution in [3.8, 4) is 0 Å². The quantitative estimate of drug-likeness (QED) is 0.938. The van der Waals surface area contributed by atoms with Gasteiger partial charge in [-0.1, -0.05) is 30.3 Å². The average molecular weight is 282 g/mol. The zero-order valence-electron chi connectivity index (χ0n) is 12.7. The van der Waals surface area contributed by atoms with E-state index in [0.29, 0.717) is 5.92 Å². The Bertz CT molecular complexity index is 589. The summed E-state index contributed by atoms with van der Waals surface area (Å²) >= 11 is 0. The van der Waals surface area contributed by atoms with E-state index in [4.69, 9.17) is 0 Å². The topological polar surface area (TPSA) is 41.0 Å². The Kier molecular flexibility index (Phi) is 4.04. The zero-order valence-corrected chi connectivity index (χ0v) is 12.7. The van der Waals surface area contributed by atoms with Crippen LogP contribution in [0, 0.1) is 6.92 Å². The van der Waals surface area contributed by atoms with Gasteiger partial charge in [0.2, 0.25) is 0 Å². The maximum Gasteiger partial charge on any atom is 0.134 e. The number of hydrogen-bond donors (Lipinski definition) is 1. The summed E-state index contributed by atoms with van der Waals surface area (Å²) in [6, 6.07) is 12.9. The maximum atomic E-state index is 4.58. The third-order valence-corrected chi connectivity index (χ3v) is 4.17. The van der Waals surface area contributed by atoms with Crippen molar-refractivity contribution in [1.29, 1.82) is 0 Å². The molecular weight excluding hydrogens is 260 g/mol. The maximum absolute atomic E-state index is 4.58. The molecule has 1 fully saturated rings. The Morgan fingerprint density at radius 2 is 1.81 bits per heavy atom. The van der Waals surface area contributed by atoms with E-state index in [2.05, 4.69) is 50.5 Å². The number of anilines is 2. The summed E-state index contributed by atoms with van der Waals surface area (Å²) in [7, 11) is 1.90. The molecule has 2 aromatic rings. The summed E-state index contributed by atoms with van der Waals surface area (Å²) in [6.45, 7) is 4.05. The summed E-state index contributed by atoms with van der Waals surface area (Å²) in [5, 5.41) is 3.10. The molecule has 1 saturated heterocycles. The summed E-state index contributed by atoms with van der Waals surface area (Å²) in [6.07, 6.45) is 2.36. The van der Waals surface area contributed by atoms with Crippen molar-refractivity contribution in [1.82, 2.24) is 9.97 Å². The molecule has 4 nitrogen and oxygen atoms in total. The normalized spacial score (nSPS) is 16.0. The standard InChI is InChI=1S/C17H22N4/c1-13-19-16(18-2)12-17(20-13)21-10-8-15(9-11-21)14-6-4-3-5-7-14/h3-7,12,15H,8-11H2,1-2H3,(H,18,19,20). The second kappa shape index (κ2) is 6.12. The van der Waals surface area contributed by atoms with Gasteiger partial charge in [-0.15, -0.1) is 0 Å². The predicted octanol–water partition coefficient (Wildman–Crippen LogP) is 3.21. The molecule has 0 unspecified atom stereocenters. The molecule has 0 amide bonds. The van der Waals surface area contributed by atoms with E-state index in [1.807, 2.05) is 20.0 Å². The minimum atomic E-state index is 0.675. The van der Waals surface area contributed by atoms with Crippen LogP contribution in [0.25, 0.3) is 0 Å². The fourth-order valence-electron chi connectivity index (χ4n) is 3.01. The number of aromatic nitrogens is 2. The van der Waals surface area contributed by atoms with E-state index in [9.17, 15) is 0 Å². The highest BCUT2D eigenvalue weighted by Gasteiger charge is 2.21. The molecule has 0 spiro atoms. The third-order valence-electron chi connectivity index (χ3n) is 4.17. The molecule has 4 heteroatoms. The largest absolute Gasteiger partial charge is 0.373 e. The second-order valence-corrected chi connectivity index (χ2v) is 5.58. The van der Waals surface area contributed by atoms with Crippen LogP contribution in [0.5, 0.6) is 0 Å². The van der Waals surface area contributed by atoms with E-state index in [0.717, 1.165) is 30.5 Å². The SMILES string of the molecule is CNc1cc(N2CCC(c3ccccc3)CC2)nc(C)n1. The fourth-order valence-corrected chi connectivity index (χ4v) is 3.01. The molecule has 2 heterocycles. The summed E-state index contributed by atoms with van der Waals surface area (Å²) in [5.74, 6) is 3.43. The minimum Gasteiger partial charge on any atom is -0.373 e. The molecule has 0 aliphatic carbocycles. The Balaban J connectivity index is 1.70. The van der Waals surface area contributed by atoms with E-state index in [1.165, 1.54) is 18.4 Å². The van der Waals surface area contributed by atoms with Crippen LogP contribution in [-0.4, -0.2) is 30.1 Å². The molecule has 1 N–H and O–H groups in total. The molecule has 0 radical (unpaired) electrons. The van der Waals surface area contributed by atoms with Crippen LogP contribution in [0.2, 0.25) is 0 Å². The first kappa shape index (κ1) is 13.9. The van der Waals surface area contributed by atoms with Crippen LogP contribution in [-0.2, 0) is 0 Å². The molecule has 0 saturated carbocycles. The Hall–Kier alpha value is -2.10. The lowest BCUT2D eigenvalue weighted by molar-refractivity contribution is 0.502. The molecule has 0 bridgehead atoms.